The fraction of sp³-hybridized carbons (Fsp3) is 0.364. The van der Waals surface area contributed by atoms with Crippen molar-refractivity contribution in [2.75, 3.05) is 19.9 Å². The molecule has 0 saturated heterocycles. The summed E-state index contributed by atoms with van der Waals surface area (Å²) in [6.07, 6.45) is 0. The van der Waals surface area contributed by atoms with Gasteiger partial charge in [-0.05, 0) is 17.7 Å². The van der Waals surface area contributed by atoms with E-state index in [2.05, 4.69) is 0 Å². The minimum atomic E-state index is -3.86. The molecule has 19 heavy (non-hydrogen) atoms. The molecule has 0 unspecified atom stereocenters. The second kappa shape index (κ2) is 5.89. The lowest BCUT2D eigenvalue weighted by molar-refractivity contribution is -0.134. The molecule has 0 radical (unpaired) electrons. The van der Waals surface area contributed by atoms with E-state index in [1.165, 1.54) is 32.4 Å². The van der Waals surface area contributed by atoms with Gasteiger partial charge in [-0.3, -0.25) is 4.79 Å². The van der Waals surface area contributed by atoms with Crippen molar-refractivity contribution in [1.29, 1.82) is 0 Å². The van der Waals surface area contributed by atoms with Crippen molar-refractivity contribution >= 4 is 16.0 Å². The van der Waals surface area contributed by atoms with Crippen LogP contribution in [0.15, 0.2) is 18.2 Å². The summed E-state index contributed by atoms with van der Waals surface area (Å²) in [4.78, 5) is 10.5. The lowest BCUT2D eigenvalue weighted by Gasteiger charge is -2.16. The van der Waals surface area contributed by atoms with Crippen LogP contribution < -0.4 is 4.74 Å². The molecule has 0 atom stereocenters. The van der Waals surface area contributed by atoms with Crippen molar-refractivity contribution in [3.63, 3.8) is 0 Å². The Morgan fingerprint density at radius 3 is 2.58 bits per heavy atom. The summed E-state index contributed by atoms with van der Waals surface area (Å²) >= 11 is 0. The van der Waals surface area contributed by atoms with Crippen LogP contribution in [0.25, 0.3) is 0 Å². The van der Waals surface area contributed by atoms with Gasteiger partial charge in [0.05, 0.1) is 7.11 Å². The van der Waals surface area contributed by atoms with Crippen LogP contribution in [0.5, 0.6) is 11.5 Å². The number of aromatic hydroxyl groups is 1. The van der Waals surface area contributed by atoms with Crippen LogP contribution in [0.2, 0.25) is 0 Å². The highest BCUT2D eigenvalue weighted by molar-refractivity contribution is 7.89. The largest absolute Gasteiger partial charge is 0.504 e. The Labute approximate surface area is 111 Å². The molecular weight excluding hydrogens is 274 g/mol. The number of ether oxygens (including phenoxy) is 1. The van der Waals surface area contributed by atoms with Crippen LogP contribution in [0, 0.1) is 0 Å². The molecule has 1 aromatic rings. The Kier molecular flexibility index (Phi) is 4.73. The summed E-state index contributed by atoms with van der Waals surface area (Å²) in [5.74, 6) is -2.20. The average molecular weight is 289 g/mol. The molecule has 0 aromatic heterocycles. The first-order chi connectivity index (χ1) is 8.76. The summed E-state index contributed by atoms with van der Waals surface area (Å²) < 4.78 is 29.1. The van der Waals surface area contributed by atoms with E-state index < -0.39 is 21.7 Å². The second-order valence-electron chi connectivity index (χ2n) is 3.91. The van der Waals surface area contributed by atoms with Gasteiger partial charge in [-0.15, -0.1) is 0 Å². The predicted octanol–water partition coefficient (Wildman–Crippen LogP) is 0.247. The topological polar surface area (TPSA) is 104 Å². The maximum Gasteiger partial charge on any atom is 0.320 e. The highest BCUT2D eigenvalue weighted by atomic mass is 32.2. The van der Waals surface area contributed by atoms with Crippen molar-refractivity contribution in [2.24, 2.45) is 0 Å². The van der Waals surface area contributed by atoms with Crippen molar-refractivity contribution < 1.29 is 28.2 Å². The Morgan fingerprint density at radius 2 is 2.05 bits per heavy atom. The molecule has 0 amide bonds. The Bertz CT molecular complexity index is 569. The third-order valence-electron chi connectivity index (χ3n) is 2.43. The van der Waals surface area contributed by atoms with Gasteiger partial charge in [0.15, 0.2) is 17.3 Å². The van der Waals surface area contributed by atoms with Gasteiger partial charge in [-0.1, -0.05) is 6.07 Å². The van der Waals surface area contributed by atoms with Gasteiger partial charge >= 0.3 is 5.97 Å². The van der Waals surface area contributed by atoms with E-state index in [1.54, 1.807) is 0 Å². The quantitative estimate of drug-likeness (QED) is 0.777. The molecule has 1 rings (SSSR count). The third-order valence-corrected chi connectivity index (χ3v) is 4.12. The molecular formula is C11H15NO6S. The number of phenols is 1. The fourth-order valence-electron chi connectivity index (χ4n) is 1.44. The van der Waals surface area contributed by atoms with Crippen molar-refractivity contribution in [3.05, 3.63) is 23.8 Å². The van der Waals surface area contributed by atoms with Crippen LogP contribution in [0.3, 0.4) is 0 Å². The number of sulfonamides is 1. The van der Waals surface area contributed by atoms with Crippen molar-refractivity contribution in [1.82, 2.24) is 4.31 Å². The standard InChI is InChI=1S/C11H15NO6S/c1-12(19(16,17)7-11(14)15)6-8-3-4-9(13)10(5-8)18-2/h3-5,13H,6-7H2,1-2H3,(H,14,15). The van der Waals surface area contributed by atoms with Crippen LogP contribution in [-0.2, 0) is 21.4 Å². The average Bonchev–Trinajstić information content (AvgIpc) is 2.29. The minimum absolute atomic E-state index is 0.00769. The summed E-state index contributed by atoms with van der Waals surface area (Å²) in [7, 11) is -1.19. The van der Waals surface area contributed by atoms with E-state index in [9.17, 15) is 18.3 Å². The number of carboxylic acids is 1. The minimum Gasteiger partial charge on any atom is -0.504 e. The number of methoxy groups -OCH3 is 1. The molecule has 7 nitrogen and oxygen atoms in total. The number of carbonyl (C=O) groups is 1. The van der Waals surface area contributed by atoms with Gasteiger partial charge in [0.1, 0.15) is 0 Å². The normalized spacial score (nSPS) is 11.5. The maximum atomic E-state index is 11.6. The van der Waals surface area contributed by atoms with Crippen molar-refractivity contribution in [3.8, 4) is 11.5 Å². The number of carboxylic acid groups (broad SMARTS) is 1. The highest BCUT2D eigenvalue weighted by Crippen LogP contribution is 2.26. The summed E-state index contributed by atoms with van der Waals surface area (Å²) in [6.45, 7) is -0.00769. The van der Waals surface area contributed by atoms with Gasteiger partial charge in [-0.2, -0.15) is 0 Å². The number of aliphatic carboxylic acids is 1. The molecule has 2 N–H and O–H groups in total. The molecule has 0 bridgehead atoms. The summed E-state index contributed by atoms with van der Waals surface area (Å²) in [5.41, 5.74) is 0.575. The summed E-state index contributed by atoms with van der Waals surface area (Å²) in [5, 5.41) is 17.9. The molecule has 0 aliphatic carbocycles. The zero-order chi connectivity index (χ0) is 14.6. The van der Waals surface area contributed by atoms with E-state index >= 15 is 0 Å². The first-order valence-corrected chi connectivity index (χ1v) is 6.89. The van der Waals surface area contributed by atoms with Crippen molar-refractivity contribution in [2.45, 2.75) is 6.54 Å². The molecule has 1 aromatic carbocycles. The number of nitrogens with zero attached hydrogens (tertiary/aromatic N) is 1. The van der Waals surface area contributed by atoms with Gasteiger partial charge in [0.25, 0.3) is 0 Å². The number of rotatable bonds is 6. The number of hydrogen-bond donors (Lipinski definition) is 2. The summed E-state index contributed by atoms with van der Waals surface area (Å²) in [6, 6.07) is 4.40. The second-order valence-corrected chi connectivity index (χ2v) is 5.99. The predicted molar refractivity (Wildman–Crippen MR) is 67.5 cm³/mol. The highest BCUT2D eigenvalue weighted by Gasteiger charge is 2.22. The fourth-order valence-corrected chi connectivity index (χ4v) is 2.32. The number of benzene rings is 1. The van der Waals surface area contributed by atoms with Crippen LogP contribution in [-0.4, -0.2) is 48.8 Å². The molecule has 106 valence electrons. The molecule has 0 fully saturated rings. The molecule has 0 saturated carbocycles. The van der Waals surface area contributed by atoms with E-state index in [0.717, 1.165) is 4.31 Å². The van der Waals surface area contributed by atoms with Crippen LogP contribution >= 0.6 is 0 Å². The first kappa shape index (κ1) is 15.3. The van der Waals surface area contributed by atoms with Crippen LogP contribution in [0.4, 0.5) is 0 Å². The van der Waals surface area contributed by atoms with Gasteiger partial charge in [-0.25, -0.2) is 12.7 Å². The molecule has 8 heteroatoms. The van der Waals surface area contributed by atoms with E-state index in [1.807, 2.05) is 0 Å². The molecule has 0 heterocycles. The zero-order valence-corrected chi connectivity index (χ0v) is 11.3. The molecule has 0 aliphatic rings. The number of phenolic OH excluding ortho intramolecular Hbond substituents is 1. The Morgan fingerprint density at radius 1 is 1.42 bits per heavy atom. The van der Waals surface area contributed by atoms with Gasteiger partial charge in [0.2, 0.25) is 10.0 Å². The zero-order valence-electron chi connectivity index (χ0n) is 10.5. The van der Waals surface area contributed by atoms with E-state index in [-0.39, 0.29) is 18.0 Å². The maximum absolute atomic E-state index is 11.6. The van der Waals surface area contributed by atoms with Gasteiger partial charge in [0, 0.05) is 13.6 Å². The SMILES string of the molecule is COc1cc(CN(C)S(=O)(=O)CC(=O)O)ccc1O. The molecule has 0 aliphatic heterocycles. The number of hydrogen-bond acceptors (Lipinski definition) is 5. The lowest BCUT2D eigenvalue weighted by Crippen LogP contribution is -2.31. The Balaban J connectivity index is 2.88. The van der Waals surface area contributed by atoms with Crippen LogP contribution in [0.1, 0.15) is 5.56 Å². The van der Waals surface area contributed by atoms with Gasteiger partial charge < -0.3 is 14.9 Å². The third kappa shape index (κ3) is 4.11. The Hall–Kier alpha value is -1.80. The first-order valence-electron chi connectivity index (χ1n) is 5.28. The molecule has 0 spiro atoms. The van der Waals surface area contributed by atoms with E-state index in [0.29, 0.717) is 5.56 Å². The van der Waals surface area contributed by atoms with E-state index in [4.69, 9.17) is 9.84 Å². The smallest absolute Gasteiger partial charge is 0.320 e. The lowest BCUT2D eigenvalue weighted by atomic mass is 10.2. The monoisotopic (exact) mass is 289 g/mol.